The first-order chi connectivity index (χ1) is 16.3. The van der Waals surface area contributed by atoms with Gasteiger partial charge in [0.05, 0.1) is 13.2 Å². The number of nitrogens with one attached hydrogen (secondary N) is 2. The predicted octanol–water partition coefficient (Wildman–Crippen LogP) is 5.75. The summed E-state index contributed by atoms with van der Waals surface area (Å²) < 4.78 is 10.7. The van der Waals surface area contributed by atoms with Crippen LogP contribution in [0.1, 0.15) is 52.3 Å². The minimum atomic E-state index is -0.390. The largest absolute Gasteiger partial charge is 0.494 e. The number of carbonyl (C=O) groups is 2. The molecular weight excluding hydrogens is 430 g/mol. The molecule has 0 fully saturated rings. The second-order valence-electron chi connectivity index (χ2n) is 8.18. The number of amides is 2. The van der Waals surface area contributed by atoms with Gasteiger partial charge in [0.1, 0.15) is 11.4 Å². The first-order valence-electron chi connectivity index (χ1n) is 11.5. The molecule has 34 heavy (non-hydrogen) atoms. The predicted molar refractivity (Wildman–Crippen MR) is 133 cm³/mol. The molecule has 2 N–H and O–H groups in total. The highest BCUT2D eigenvalue weighted by Crippen LogP contribution is 2.23. The van der Waals surface area contributed by atoms with Gasteiger partial charge >= 0.3 is 12.0 Å². The van der Waals surface area contributed by atoms with E-state index in [-0.39, 0.29) is 6.03 Å². The molecule has 0 aliphatic heterocycles. The maximum atomic E-state index is 13.3. The minimum absolute atomic E-state index is 0.234. The summed E-state index contributed by atoms with van der Waals surface area (Å²) in [5.74, 6) is 0.361. The molecular formula is C27H33N3O4. The van der Waals surface area contributed by atoms with Gasteiger partial charge in [-0.2, -0.15) is 0 Å². The number of anilines is 1. The fraction of sp³-hybridized carbons (Fsp3) is 0.333. The van der Waals surface area contributed by atoms with Crippen molar-refractivity contribution in [3.05, 3.63) is 82.2 Å². The number of aryl methyl sites for hydroxylation is 2. The summed E-state index contributed by atoms with van der Waals surface area (Å²) in [6.45, 7) is 11.2. The molecule has 0 saturated heterocycles. The summed E-state index contributed by atoms with van der Waals surface area (Å²) in [4.78, 5) is 30.5. The lowest BCUT2D eigenvalue weighted by atomic mass is 10.1. The second-order valence-corrected chi connectivity index (χ2v) is 8.18. The van der Waals surface area contributed by atoms with Crippen LogP contribution < -0.4 is 10.1 Å². The number of aromatic amines is 1. The van der Waals surface area contributed by atoms with E-state index in [2.05, 4.69) is 10.3 Å². The summed E-state index contributed by atoms with van der Waals surface area (Å²) in [5.41, 5.74) is 5.81. The third kappa shape index (κ3) is 6.19. The molecule has 1 heterocycles. The van der Waals surface area contributed by atoms with Gasteiger partial charge in [0.15, 0.2) is 0 Å². The van der Waals surface area contributed by atoms with Crippen molar-refractivity contribution in [2.75, 3.05) is 18.5 Å². The Morgan fingerprint density at radius 2 is 1.59 bits per heavy atom. The van der Waals surface area contributed by atoms with Gasteiger partial charge in [-0.15, -0.1) is 0 Å². The van der Waals surface area contributed by atoms with Crippen LogP contribution in [0.4, 0.5) is 10.5 Å². The van der Waals surface area contributed by atoms with Crippen LogP contribution in [0, 0.1) is 20.8 Å². The fourth-order valence-electron chi connectivity index (χ4n) is 3.74. The van der Waals surface area contributed by atoms with E-state index in [4.69, 9.17) is 9.47 Å². The zero-order chi connectivity index (χ0) is 24.7. The van der Waals surface area contributed by atoms with Crippen LogP contribution in [0.2, 0.25) is 0 Å². The van der Waals surface area contributed by atoms with Crippen molar-refractivity contribution in [1.29, 1.82) is 0 Å². The van der Waals surface area contributed by atoms with Crippen LogP contribution in [0.15, 0.2) is 48.5 Å². The number of esters is 1. The molecule has 0 spiro atoms. The maximum absolute atomic E-state index is 13.3. The van der Waals surface area contributed by atoms with Crippen LogP contribution >= 0.6 is 0 Å². The van der Waals surface area contributed by atoms with Gasteiger partial charge in [-0.25, -0.2) is 9.59 Å². The lowest BCUT2D eigenvalue weighted by Gasteiger charge is -2.24. The summed E-state index contributed by atoms with van der Waals surface area (Å²) in [6, 6.07) is 15.2. The van der Waals surface area contributed by atoms with Gasteiger partial charge in [0.2, 0.25) is 0 Å². The average Bonchev–Trinajstić information content (AvgIpc) is 3.10. The monoisotopic (exact) mass is 463 g/mol. The lowest BCUT2D eigenvalue weighted by Crippen LogP contribution is -2.34. The molecule has 2 aromatic carbocycles. The SMILES string of the molecule is CCOC(=O)c1[nH]c(C)c(CN(Cc2ccc(C)cc2)C(=O)Nc2ccc(OCC)cc2)c1C. The minimum Gasteiger partial charge on any atom is -0.494 e. The Morgan fingerprint density at radius 1 is 0.912 bits per heavy atom. The second kappa shape index (κ2) is 11.4. The van der Waals surface area contributed by atoms with Crippen LogP contribution in [0.25, 0.3) is 0 Å². The van der Waals surface area contributed by atoms with E-state index in [0.717, 1.165) is 33.7 Å². The summed E-state index contributed by atoms with van der Waals surface area (Å²) >= 11 is 0. The molecule has 0 atom stereocenters. The van der Waals surface area contributed by atoms with Gasteiger partial charge in [0.25, 0.3) is 0 Å². The zero-order valence-electron chi connectivity index (χ0n) is 20.5. The maximum Gasteiger partial charge on any atom is 0.355 e. The van der Waals surface area contributed by atoms with Gasteiger partial charge in [-0.05, 0) is 75.6 Å². The highest BCUT2D eigenvalue weighted by Gasteiger charge is 2.22. The number of aromatic nitrogens is 1. The quantitative estimate of drug-likeness (QED) is 0.396. The van der Waals surface area contributed by atoms with E-state index in [1.165, 1.54) is 0 Å². The van der Waals surface area contributed by atoms with E-state index < -0.39 is 5.97 Å². The number of H-pyrrole nitrogens is 1. The number of ether oxygens (including phenoxy) is 2. The normalized spacial score (nSPS) is 10.6. The number of hydrogen-bond acceptors (Lipinski definition) is 4. The molecule has 0 saturated carbocycles. The Morgan fingerprint density at radius 3 is 2.21 bits per heavy atom. The van der Waals surface area contributed by atoms with Gasteiger partial charge in [-0.3, -0.25) is 0 Å². The van der Waals surface area contributed by atoms with Crippen LogP contribution in [-0.4, -0.2) is 35.1 Å². The molecule has 7 heteroatoms. The molecule has 0 radical (unpaired) electrons. The first-order valence-corrected chi connectivity index (χ1v) is 11.5. The Balaban J connectivity index is 1.85. The van der Waals surface area contributed by atoms with Gasteiger partial charge in [0, 0.05) is 24.5 Å². The number of rotatable bonds is 9. The standard InChI is InChI=1S/C27H33N3O4/c1-6-33-23-14-12-22(13-15-23)29-27(32)30(16-21-10-8-18(3)9-11-21)17-24-19(4)25(28-20(24)5)26(31)34-7-2/h8-15,28H,6-7,16-17H2,1-5H3,(H,29,32). The number of hydrogen-bond donors (Lipinski definition) is 2. The average molecular weight is 464 g/mol. The van der Waals surface area contributed by atoms with E-state index in [1.54, 1.807) is 11.8 Å². The lowest BCUT2D eigenvalue weighted by molar-refractivity contribution is 0.0519. The van der Waals surface area contributed by atoms with E-state index in [9.17, 15) is 9.59 Å². The Labute approximate surface area is 201 Å². The van der Waals surface area contributed by atoms with Crippen molar-refractivity contribution in [1.82, 2.24) is 9.88 Å². The molecule has 0 aliphatic rings. The summed E-state index contributed by atoms with van der Waals surface area (Å²) in [5, 5.41) is 2.98. The van der Waals surface area contributed by atoms with Crippen molar-refractivity contribution in [2.24, 2.45) is 0 Å². The molecule has 1 aromatic heterocycles. The number of urea groups is 1. The molecule has 7 nitrogen and oxygen atoms in total. The number of carbonyl (C=O) groups excluding carboxylic acids is 2. The molecule has 180 valence electrons. The summed E-state index contributed by atoms with van der Waals surface area (Å²) in [6.07, 6.45) is 0. The highest BCUT2D eigenvalue weighted by atomic mass is 16.5. The molecule has 3 rings (SSSR count). The van der Waals surface area contributed by atoms with Crippen LogP contribution in [0.3, 0.4) is 0 Å². The third-order valence-corrected chi connectivity index (χ3v) is 5.62. The highest BCUT2D eigenvalue weighted by molar-refractivity contribution is 5.91. The van der Waals surface area contributed by atoms with Crippen molar-refractivity contribution in [2.45, 2.75) is 47.7 Å². The Hall–Kier alpha value is -3.74. The van der Waals surface area contributed by atoms with Crippen LogP contribution in [-0.2, 0) is 17.8 Å². The summed E-state index contributed by atoms with van der Waals surface area (Å²) in [7, 11) is 0. The van der Waals surface area contributed by atoms with E-state index in [0.29, 0.717) is 37.7 Å². The molecule has 2 amide bonds. The zero-order valence-corrected chi connectivity index (χ0v) is 20.5. The Bertz CT molecular complexity index is 1120. The Kier molecular flexibility index (Phi) is 8.35. The molecule has 0 aliphatic carbocycles. The van der Waals surface area contributed by atoms with Crippen LogP contribution in [0.5, 0.6) is 5.75 Å². The first kappa shape index (κ1) is 24.9. The molecule has 3 aromatic rings. The topological polar surface area (TPSA) is 83.7 Å². The fourth-order valence-corrected chi connectivity index (χ4v) is 3.74. The van der Waals surface area contributed by atoms with Gasteiger partial charge < -0.3 is 24.7 Å². The van der Waals surface area contributed by atoms with Gasteiger partial charge in [-0.1, -0.05) is 29.8 Å². The number of benzene rings is 2. The molecule has 0 bridgehead atoms. The van der Waals surface area contributed by atoms with E-state index in [1.807, 2.05) is 76.2 Å². The smallest absolute Gasteiger partial charge is 0.355 e. The van der Waals surface area contributed by atoms with Crippen molar-refractivity contribution in [3.63, 3.8) is 0 Å². The van der Waals surface area contributed by atoms with E-state index >= 15 is 0 Å². The molecule has 0 unspecified atom stereocenters. The van der Waals surface area contributed by atoms with Crippen molar-refractivity contribution < 1.29 is 19.1 Å². The van der Waals surface area contributed by atoms with Crippen molar-refractivity contribution in [3.8, 4) is 5.75 Å². The third-order valence-electron chi connectivity index (χ3n) is 5.62. The number of nitrogens with zero attached hydrogens (tertiary/aromatic N) is 1. The van der Waals surface area contributed by atoms with Crippen molar-refractivity contribution >= 4 is 17.7 Å².